The van der Waals surface area contributed by atoms with Crippen LogP contribution in [0.1, 0.15) is 36.6 Å². The largest absolute Gasteiger partial charge is 0.479 e. The van der Waals surface area contributed by atoms with Gasteiger partial charge >= 0.3 is 19.7 Å². The van der Waals surface area contributed by atoms with Crippen molar-refractivity contribution in [3.05, 3.63) is 65.2 Å². The van der Waals surface area contributed by atoms with Crippen LogP contribution in [0.5, 0.6) is 0 Å². The third-order valence-electron chi connectivity index (χ3n) is 4.87. The number of carboxylic acid groups (broad SMARTS) is 1. The summed E-state index contributed by atoms with van der Waals surface area (Å²) in [5, 5.41) is 22.0. The maximum atomic E-state index is 13.2. The number of ether oxygens (including phenoxy) is 1. The number of carbonyl (C=O) groups excluding carboxylic acids is 1. The molecule has 0 aliphatic rings. The van der Waals surface area contributed by atoms with Gasteiger partial charge in [0.05, 0.1) is 0 Å². The van der Waals surface area contributed by atoms with E-state index in [9.17, 15) is 24.2 Å². The molecule has 11 nitrogen and oxygen atoms in total. The van der Waals surface area contributed by atoms with E-state index in [1.807, 2.05) is 6.07 Å². The van der Waals surface area contributed by atoms with Gasteiger partial charge in [0, 0.05) is 5.69 Å². The zero-order valence-electron chi connectivity index (χ0n) is 19.0. The summed E-state index contributed by atoms with van der Waals surface area (Å²) in [6.45, 7) is 4.65. The molecule has 0 saturated carbocycles. The third kappa shape index (κ3) is 7.31. The van der Waals surface area contributed by atoms with Gasteiger partial charge in [-0.25, -0.2) is 9.59 Å². The number of carboxylic acids is 1. The lowest BCUT2D eigenvalue weighted by Crippen LogP contribution is -2.39. The summed E-state index contributed by atoms with van der Waals surface area (Å²) in [7, 11) is -4.73. The molecule has 0 fully saturated rings. The predicted octanol–water partition coefficient (Wildman–Crippen LogP) is 3.54. The lowest BCUT2D eigenvalue weighted by Gasteiger charge is -2.29. The number of rotatable bonds is 10. The number of anilines is 1. The van der Waals surface area contributed by atoms with E-state index >= 15 is 0 Å². The fourth-order valence-electron chi connectivity index (χ4n) is 3.18. The minimum absolute atomic E-state index is 0.0546. The molecule has 0 aromatic heterocycles. The Morgan fingerprint density at radius 1 is 1.15 bits per heavy atom. The first kappa shape index (κ1) is 26.8. The fourth-order valence-corrected chi connectivity index (χ4v) is 4.84. The second-order valence-corrected chi connectivity index (χ2v) is 9.74. The van der Waals surface area contributed by atoms with Crippen molar-refractivity contribution in [3.63, 3.8) is 0 Å². The number of nitrogens with two attached hydrogens (primary N) is 1. The Balaban J connectivity index is 2.22. The van der Waals surface area contributed by atoms with Gasteiger partial charge in [-0.3, -0.25) is 14.5 Å². The molecule has 1 amide bonds. The van der Waals surface area contributed by atoms with Crippen molar-refractivity contribution >= 4 is 31.3 Å². The number of hydrogen-bond donors (Lipinski definition) is 6. The van der Waals surface area contributed by atoms with E-state index in [0.717, 1.165) is 5.56 Å². The zero-order valence-corrected chi connectivity index (χ0v) is 19.9. The standard InChI is InChI=1S/C22H29N4O7P/c1-13(2)19(26-22(29)32-12-15-8-5-4-6-9-15)34(30,31)33-18(20(27)28)16-10-7-11-17(14(16)3)25-21(23)24/h4-11,13,18-19H,12H2,1-3H3,(H,26,29)(H,27,28)(H,30,31)(H4,23,24,25). The number of guanidine groups is 1. The second-order valence-electron chi connectivity index (χ2n) is 7.84. The lowest BCUT2D eigenvalue weighted by molar-refractivity contribution is -0.145. The van der Waals surface area contributed by atoms with Crippen LogP contribution in [0.4, 0.5) is 10.5 Å². The summed E-state index contributed by atoms with van der Waals surface area (Å²) in [4.78, 5) is 35.0. The van der Waals surface area contributed by atoms with Crippen LogP contribution in [-0.4, -0.2) is 33.8 Å². The summed E-state index contributed by atoms with van der Waals surface area (Å²) in [5.74, 6) is -3.90. The van der Waals surface area contributed by atoms with Crippen molar-refractivity contribution in [1.82, 2.24) is 5.32 Å². The van der Waals surface area contributed by atoms with Gasteiger partial charge in [0.2, 0.25) is 0 Å². The molecule has 0 bridgehead atoms. The predicted molar refractivity (Wildman–Crippen MR) is 126 cm³/mol. The quantitative estimate of drug-likeness (QED) is 0.164. The number of nitrogens with one attached hydrogen (secondary N) is 3. The second kappa shape index (κ2) is 11.6. The van der Waals surface area contributed by atoms with Crippen LogP contribution in [0.25, 0.3) is 0 Å². The van der Waals surface area contributed by atoms with Crippen LogP contribution < -0.4 is 16.4 Å². The molecular weight excluding hydrogens is 463 g/mol. The monoisotopic (exact) mass is 492 g/mol. The first-order valence-electron chi connectivity index (χ1n) is 10.3. The first-order valence-corrected chi connectivity index (χ1v) is 12.0. The molecule has 34 heavy (non-hydrogen) atoms. The molecule has 0 heterocycles. The molecule has 0 saturated heterocycles. The zero-order chi connectivity index (χ0) is 25.5. The number of carbonyl (C=O) groups is 2. The average molecular weight is 492 g/mol. The Labute approximate surface area is 197 Å². The Morgan fingerprint density at radius 2 is 1.79 bits per heavy atom. The van der Waals surface area contributed by atoms with Crippen LogP contribution in [0.15, 0.2) is 48.5 Å². The van der Waals surface area contributed by atoms with E-state index in [4.69, 9.17) is 20.4 Å². The summed E-state index contributed by atoms with van der Waals surface area (Å²) in [6.07, 6.45) is -2.77. The third-order valence-corrected chi connectivity index (χ3v) is 6.81. The molecule has 3 unspecified atom stereocenters. The molecule has 2 aromatic carbocycles. The van der Waals surface area contributed by atoms with Gasteiger partial charge in [-0.2, -0.15) is 0 Å². The lowest BCUT2D eigenvalue weighted by atomic mass is 10.0. The molecule has 2 aromatic rings. The maximum Gasteiger partial charge on any atom is 0.408 e. The molecule has 0 aliphatic carbocycles. The molecule has 0 spiro atoms. The number of hydrogen-bond acceptors (Lipinski definition) is 6. The van der Waals surface area contributed by atoms with Crippen molar-refractivity contribution < 1.29 is 33.4 Å². The topological polar surface area (TPSA) is 184 Å². The van der Waals surface area contributed by atoms with Crippen molar-refractivity contribution in [2.75, 3.05) is 5.32 Å². The first-order chi connectivity index (χ1) is 15.9. The summed E-state index contributed by atoms with van der Waals surface area (Å²) < 4.78 is 23.5. The summed E-state index contributed by atoms with van der Waals surface area (Å²) >= 11 is 0. The van der Waals surface area contributed by atoms with E-state index in [2.05, 4.69) is 10.6 Å². The van der Waals surface area contributed by atoms with E-state index in [-0.39, 0.29) is 18.1 Å². The van der Waals surface area contributed by atoms with Crippen molar-refractivity contribution in [2.24, 2.45) is 11.7 Å². The number of amides is 1. The Bertz CT molecular complexity index is 1080. The maximum absolute atomic E-state index is 13.2. The Morgan fingerprint density at radius 3 is 2.35 bits per heavy atom. The molecule has 7 N–H and O–H groups in total. The van der Waals surface area contributed by atoms with Crippen molar-refractivity contribution in [3.8, 4) is 0 Å². The van der Waals surface area contributed by atoms with Crippen LogP contribution in [-0.2, 0) is 25.2 Å². The Kier molecular flexibility index (Phi) is 9.19. The molecule has 184 valence electrons. The molecular formula is C22H29N4O7P. The van der Waals surface area contributed by atoms with Crippen LogP contribution in [0.3, 0.4) is 0 Å². The highest BCUT2D eigenvalue weighted by atomic mass is 31.2. The van der Waals surface area contributed by atoms with Crippen molar-refractivity contribution in [2.45, 2.75) is 39.3 Å². The minimum atomic E-state index is -4.73. The molecule has 2 rings (SSSR count). The number of aliphatic carboxylic acids is 1. The SMILES string of the molecule is Cc1c(NC(=N)N)cccc1C(OP(=O)(O)C(NC(=O)OCc1ccccc1)C(C)C)C(=O)O. The smallest absolute Gasteiger partial charge is 0.408 e. The van der Waals surface area contributed by atoms with Gasteiger partial charge < -0.3 is 31.1 Å². The van der Waals surface area contributed by atoms with Crippen LogP contribution >= 0.6 is 7.60 Å². The van der Waals surface area contributed by atoms with E-state index in [0.29, 0.717) is 11.3 Å². The molecule has 3 atom stereocenters. The van der Waals surface area contributed by atoms with Crippen LogP contribution in [0.2, 0.25) is 0 Å². The van der Waals surface area contributed by atoms with Gasteiger partial charge in [0.15, 0.2) is 12.1 Å². The summed E-state index contributed by atoms with van der Waals surface area (Å²) in [6, 6.07) is 13.4. The normalized spacial score (nSPS) is 14.5. The van der Waals surface area contributed by atoms with E-state index < -0.39 is 37.5 Å². The fraction of sp³-hybridized carbons (Fsp3) is 0.318. The molecule has 0 radical (unpaired) electrons. The highest BCUT2D eigenvalue weighted by Crippen LogP contribution is 2.53. The van der Waals surface area contributed by atoms with Crippen molar-refractivity contribution in [1.29, 1.82) is 5.41 Å². The minimum Gasteiger partial charge on any atom is -0.479 e. The van der Waals surface area contributed by atoms with Gasteiger partial charge in [-0.1, -0.05) is 56.3 Å². The average Bonchev–Trinajstić information content (AvgIpc) is 2.76. The Hall–Kier alpha value is -3.40. The van der Waals surface area contributed by atoms with E-state index in [1.54, 1.807) is 51.1 Å². The van der Waals surface area contributed by atoms with Gasteiger partial charge in [0.25, 0.3) is 0 Å². The number of alkyl carbamates (subject to hydrolysis) is 1. The van der Waals surface area contributed by atoms with Gasteiger partial charge in [-0.15, -0.1) is 0 Å². The highest BCUT2D eigenvalue weighted by molar-refractivity contribution is 7.53. The molecule has 0 aliphatic heterocycles. The van der Waals surface area contributed by atoms with Gasteiger partial charge in [0.1, 0.15) is 12.4 Å². The summed E-state index contributed by atoms with van der Waals surface area (Å²) in [5.41, 5.74) is 6.87. The number of benzene rings is 2. The molecule has 12 heteroatoms. The van der Waals surface area contributed by atoms with Gasteiger partial charge in [-0.05, 0) is 35.6 Å². The highest BCUT2D eigenvalue weighted by Gasteiger charge is 2.41. The van der Waals surface area contributed by atoms with E-state index in [1.165, 1.54) is 12.1 Å². The van der Waals surface area contributed by atoms with Crippen LogP contribution in [0, 0.1) is 18.3 Å².